The van der Waals surface area contributed by atoms with E-state index >= 15 is 0 Å². The highest BCUT2D eigenvalue weighted by Crippen LogP contribution is 2.26. The van der Waals surface area contributed by atoms with Gasteiger partial charge in [-0.3, -0.25) is 4.99 Å². The minimum absolute atomic E-state index is 0. The number of guanidine groups is 1. The van der Waals surface area contributed by atoms with E-state index in [0.717, 1.165) is 11.4 Å². The van der Waals surface area contributed by atoms with Gasteiger partial charge in [0, 0.05) is 18.0 Å². The molecule has 0 fully saturated rings. The van der Waals surface area contributed by atoms with E-state index in [1.165, 1.54) is 11.3 Å². The van der Waals surface area contributed by atoms with Crippen LogP contribution >= 0.6 is 46.9 Å². The molecule has 0 aliphatic carbocycles. The van der Waals surface area contributed by atoms with Crippen molar-refractivity contribution in [2.45, 2.75) is 13.0 Å². The van der Waals surface area contributed by atoms with Crippen molar-refractivity contribution in [3.63, 3.8) is 0 Å². The number of aliphatic hydroxyl groups is 1. The van der Waals surface area contributed by atoms with Crippen LogP contribution in [0, 0.1) is 0 Å². The predicted molar refractivity (Wildman–Crippen MR) is 93.9 cm³/mol. The van der Waals surface area contributed by atoms with Gasteiger partial charge in [-0.15, -0.1) is 41.9 Å². The van der Waals surface area contributed by atoms with Crippen molar-refractivity contribution in [2.24, 2.45) is 4.99 Å². The minimum atomic E-state index is -0.623. The summed E-state index contributed by atoms with van der Waals surface area (Å²) in [6, 6.07) is 3.59. The molecule has 1 atom stereocenters. The number of hydrogen-bond acceptors (Lipinski definition) is 3. The summed E-state index contributed by atoms with van der Waals surface area (Å²) >= 11 is 7.19. The summed E-state index contributed by atoms with van der Waals surface area (Å²) in [7, 11) is 0. The van der Waals surface area contributed by atoms with Gasteiger partial charge in [0.15, 0.2) is 5.96 Å². The van der Waals surface area contributed by atoms with Gasteiger partial charge >= 0.3 is 0 Å². The molecule has 1 heterocycles. The SMILES string of the molecule is C=CCNC(=NCC(O)c1ccc(Cl)s1)NCC.I. The fourth-order valence-corrected chi connectivity index (χ4v) is 2.32. The van der Waals surface area contributed by atoms with E-state index in [4.69, 9.17) is 11.6 Å². The summed E-state index contributed by atoms with van der Waals surface area (Å²) in [5.74, 6) is 0.666. The second-order valence-corrected chi connectivity index (χ2v) is 5.29. The van der Waals surface area contributed by atoms with Gasteiger partial charge < -0.3 is 15.7 Å². The molecule has 4 nitrogen and oxygen atoms in total. The Hall–Kier alpha value is -0.310. The van der Waals surface area contributed by atoms with Gasteiger partial charge in [-0.1, -0.05) is 17.7 Å². The maximum Gasteiger partial charge on any atom is 0.191 e. The fourth-order valence-electron chi connectivity index (χ4n) is 1.29. The molecule has 1 unspecified atom stereocenters. The Labute approximate surface area is 140 Å². The maximum atomic E-state index is 9.95. The Morgan fingerprint density at radius 1 is 1.58 bits per heavy atom. The summed E-state index contributed by atoms with van der Waals surface area (Å²) in [4.78, 5) is 5.12. The van der Waals surface area contributed by atoms with Crippen LogP contribution in [0.5, 0.6) is 0 Å². The summed E-state index contributed by atoms with van der Waals surface area (Å²) in [6.07, 6.45) is 1.13. The van der Waals surface area contributed by atoms with Crippen molar-refractivity contribution < 1.29 is 5.11 Å². The van der Waals surface area contributed by atoms with Crippen LogP contribution in [0.4, 0.5) is 0 Å². The largest absolute Gasteiger partial charge is 0.386 e. The van der Waals surface area contributed by atoms with Crippen LogP contribution in [0.3, 0.4) is 0 Å². The Balaban J connectivity index is 0.00000324. The van der Waals surface area contributed by atoms with Crippen molar-refractivity contribution in [1.82, 2.24) is 10.6 Å². The predicted octanol–water partition coefficient (Wildman–Crippen LogP) is 2.79. The lowest BCUT2D eigenvalue weighted by atomic mass is 10.3. The van der Waals surface area contributed by atoms with E-state index < -0.39 is 6.10 Å². The molecular formula is C12H19ClIN3OS. The number of hydrogen-bond donors (Lipinski definition) is 3. The van der Waals surface area contributed by atoms with Gasteiger partial charge in [0.25, 0.3) is 0 Å². The van der Waals surface area contributed by atoms with E-state index in [1.807, 2.05) is 13.0 Å². The van der Waals surface area contributed by atoms with Crippen molar-refractivity contribution in [3.8, 4) is 0 Å². The number of halogens is 2. The molecule has 108 valence electrons. The molecular weight excluding hydrogens is 397 g/mol. The molecule has 0 aliphatic heterocycles. The van der Waals surface area contributed by atoms with Crippen LogP contribution in [0.2, 0.25) is 4.34 Å². The minimum Gasteiger partial charge on any atom is -0.386 e. The average molecular weight is 416 g/mol. The second kappa shape index (κ2) is 10.5. The van der Waals surface area contributed by atoms with Crippen molar-refractivity contribution in [3.05, 3.63) is 34.0 Å². The number of nitrogens with zero attached hydrogens (tertiary/aromatic N) is 1. The quantitative estimate of drug-likeness (QED) is 0.290. The van der Waals surface area contributed by atoms with Gasteiger partial charge in [-0.2, -0.15) is 0 Å². The summed E-state index contributed by atoms with van der Waals surface area (Å²) < 4.78 is 0.671. The Morgan fingerprint density at radius 3 is 2.84 bits per heavy atom. The molecule has 1 rings (SSSR count). The zero-order valence-electron chi connectivity index (χ0n) is 10.7. The highest BCUT2D eigenvalue weighted by atomic mass is 127. The second-order valence-electron chi connectivity index (χ2n) is 3.55. The van der Waals surface area contributed by atoms with E-state index in [-0.39, 0.29) is 24.0 Å². The number of thiophene rings is 1. The average Bonchev–Trinajstić information content (AvgIpc) is 2.79. The summed E-state index contributed by atoms with van der Waals surface area (Å²) in [5.41, 5.74) is 0. The lowest BCUT2D eigenvalue weighted by Crippen LogP contribution is -2.37. The molecule has 0 saturated carbocycles. The first kappa shape index (κ1) is 18.7. The Bertz CT molecular complexity index is 411. The smallest absolute Gasteiger partial charge is 0.191 e. The molecule has 0 aromatic carbocycles. The molecule has 1 aromatic heterocycles. The van der Waals surface area contributed by atoms with Crippen molar-refractivity contribution in [2.75, 3.05) is 19.6 Å². The van der Waals surface area contributed by atoms with E-state index in [0.29, 0.717) is 23.4 Å². The van der Waals surface area contributed by atoms with Crippen molar-refractivity contribution in [1.29, 1.82) is 0 Å². The van der Waals surface area contributed by atoms with Crippen LogP contribution < -0.4 is 10.6 Å². The van der Waals surface area contributed by atoms with E-state index in [9.17, 15) is 5.11 Å². The third-order valence-electron chi connectivity index (χ3n) is 2.10. The van der Waals surface area contributed by atoms with Gasteiger partial charge in [-0.25, -0.2) is 0 Å². The van der Waals surface area contributed by atoms with Gasteiger partial charge in [0.1, 0.15) is 6.10 Å². The van der Waals surface area contributed by atoms with Crippen LogP contribution in [0.25, 0.3) is 0 Å². The lowest BCUT2D eigenvalue weighted by molar-refractivity contribution is 0.191. The number of rotatable bonds is 6. The number of aliphatic imine (C=N–C) groups is 1. The van der Waals surface area contributed by atoms with Crippen LogP contribution in [0.1, 0.15) is 17.9 Å². The van der Waals surface area contributed by atoms with E-state index in [1.54, 1.807) is 12.1 Å². The highest BCUT2D eigenvalue weighted by Gasteiger charge is 2.09. The maximum absolute atomic E-state index is 9.95. The number of aliphatic hydroxyl groups excluding tert-OH is 1. The molecule has 0 amide bonds. The molecule has 19 heavy (non-hydrogen) atoms. The Kier molecular flexibility index (Phi) is 10.3. The first-order valence-corrected chi connectivity index (χ1v) is 6.93. The standard InChI is InChI=1S/C12H18ClN3OS.HI/c1-3-7-15-12(14-4-2)16-8-9(17)10-5-6-11(13)18-10;/h3,5-6,9,17H,1,4,7-8H2,2H3,(H2,14,15,16);1H. The molecule has 0 aliphatic rings. The molecule has 0 saturated heterocycles. The first-order chi connectivity index (χ1) is 8.67. The van der Waals surface area contributed by atoms with Gasteiger partial charge in [0.2, 0.25) is 0 Å². The Morgan fingerprint density at radius 2 is 2.32 bits per heavy atom. The summed E-state index contributed by atoms with van der Waals surface area (Å²) in [6.45, 7) is 7.31. The topological polar surface area (TPSA) is 56.7 Å². The molecule has 0 radical (unpaired) electrons. The molecule has 0 bridgehead atoms. The molecule has 1 aromatic rings. The van der Waals surface area contributed by atoms with Crippen molar-refractivity contribution >= 4 is 52.9 Å². The molecule has 3 N–H and O–H groups in total. The van der Waals surface area contributed by atoms with Gasteiger partial charge in [0.05, 0.1) is 10.9 Å². The summed E-state index contributed by atoms with van der Waals surface area (Å²) in [5, 5.41) is 16.1. The third-order valence-corrected chi connectivity index (χ3v) is 3.44. The third kappa shape index (κ3) is 7.14. The normalized spacial score (nSPS) is 12.5. The van der Waals surface area contributed by atoms with Gasteiger partial charge in [-0.05, 0) is 19.1 Å². The molecule has 0 spiro atoms. The van der Waals surface area contributed by atoms with Crippen LogP contribution in [0.15, 0.2) is 29.8 Å². The van der Waals surface area contributed by atoms with Crippen LogP contribution in [-0.4, -0.2) is 30.7 Å². The van der Waals surface area contributed by atoms with E-state index in [2.05, 4.69) is 22.2 Å². The first-order valence-electron chi connectivity index (χ1n) is 5.73. The lowest BCUT2D eigenvalue weighted by Gasteiger charge is -2.11. The zero-order chi connectivity index (χ0) is 13.4. The number of nitrogens with one attached hydrogen (secondary N) is 2. The fraction of sp³-hybridized carbons (Fsp3) is 0.417. The highest BCUT2D eigenvalue weighted by molar-refractivity contribution is 14.0. The zero-order valence-corrected chi connectivity index (χ0v) is 14.6. The monoisotopic (exact) mass is 415 g/mol. The molecule has 7 heteroatoms. The van der Waals surface area contributed by atoms with Crippen LogP contribution in [-0.2, 0) is 0 Å².